The van der Waals surface area contributed by atoms with Gasteiger partial charge in [0.2, 0.25) is 0 Å². The Morgan fingerprint density at radius 2 is 0.839 bits per heavy atom. The second kappa shape index (κ2) is 40.9. The number of ether oxygens (including phenoxy) is 3. The number of Topliss-reactive ketones (excluding diaryl/α,β-unsaturated/α-hetero) is 2. The zero-order valence-electron chi connectivity index (χ0n) is 74.5. The largest absolute Gasteiger partial charge is 0.479 e. The number of hydrogen-bond acceptors (Lipinski definition) is 29. The first-order valence-electron chi connectivity index (χ1n) is 43.9. The van der Waals surface area contributed by atoms with Crippen molar-refractivity contribution in [1.29, 1.82) is 0 Å². The number of unbranched alkanes of at least 4 members (excludes halogenated alkanes) is 8. The van der Waals surface area contributed by atoms with E-state index in [2.05, 4.69) is 66.7 Å². The van der Waals surface area contributed by atoms with Gasteiger partial charge in [-0.1, -0.05) is 235 Å². The maximum Gasteiger partial charge on any atom is 0.476 e. The molecular formula is C89H128O29P6. The van der Waals surface area contributed by atoms with Crippen LogP contribution in [0.2, 0.25) is 0 Å². The SMILES string of the molecule is CC(C)(c1ccccc1)c1cccc(C(=O)C23COP(=O)(OC2)OC3)c1.CCC12COP(=O)(OC1)OC2C(C)C.CCC1OP2(=O)OC(C)C1(Oc1ccccc1)C(C)O2.CCCCCCCOC12C(C)OP(=O)(OC1C)OC2C.CCCCCCCOC12COP(=O)(OC1C)OC2CC.Cc1cccc(-c2ccc(C(=O)C34COP(=O)(OC3)OC4)cc2)c1. The van der Waals surface area contributed by atoms with E-state index in [-0.39, 0.29) is 117 Å². The molecule has 18 heterocycles. The maximum atomic E-state index is 13.2. The van der Waals surface area contributed by atoms with Gasteiger partial charge in [0.15, 0.2) is 17.2 Å². The van der Waals surface area contributed by atoms with Crippen LogP contribution in [0, 0.1) is 29.1 Å². The highest BCUT2D eigenvalue weighted by Gasteiger charge is 2.68. The van der Waals surface area contributed by atoms with Crippen LogP contribution in [0.5, 0.6) is 5.75 Å². The van der Waals surface area contributed by atoms with Crippen molar-refractivity contribution in [2.24, 2.45) is 22.2 Å². The highest BCUT2D eigenvalue weighted by atomic mass is 31.2. The molecule has 0 saturated carbocycles. The van der Waals surface area contributed by atoms with Crippen molar-refractivity contribution in [3.05, 3.63) is 161 Å². The Balaban J connectivity index is 0.000000137. The van der Waals surface area contributed by atoms with Crippen molar-refractivity contribution < 1.29 is 133 Å². The highest BCUT2D eigenvalue weighted by molar-refractivity contribution is 7.50. The molecule has 18 saturated heterocycles. The number of ketones is 2. The van der Waals surface area contributed by atoms with E-state index in [1.165, 1.54) is 62.5 Å². The monoisotopic (exact) mass is 1850 g/mol. The summed E-state index contributed by atoms with van der Waals surface area (Å²) in [6.45, 7) is 35.3. The topological polar surface area (TPSA) is 330 Å². The molecule has 18 fully saturated rings. The van der Waals surface area contributed by atoms with E-state index in [0.717, 1.165) is 48.1 Å². The third-order valence-electron chi connectivity index (χ3n) is 25.6. The first-order chi connectivity index (χ1) is 58.9. The second-order valence-corrected chi connectivity index (χ2v) is 44.5. The Hall–Kier alpha value is -4.18. The second-order valence-electron chi connectivity index (χ2n) is 35.0. The van der Waals surface area contributed by atoms with Gasteiger partial charge in [-0.15, -0.1) is 0 Å². The summed E-state index contributed by atoms with van der Waals surface area (Å²) in [7, 11) is -20.2. The molecule has 5 aromatic carbocycles. The van der Waals surface area contributed by atoms with Crippen LogP contribution in [0.1, 0.15) is 225 Å². The number of phosphoric ester groups is 6. The molecule has 5 aromatic rings. The van der Waals surface area contributed by atoms with Gasteiger partial charge in [-0.05, 0) is 127 Å². The highest BCUT2D eigenvalue weighted by Crippen LogP contribution is 2.69. The van der Waals surface area contributed by atoms with Crippen LogP contribution >= 0.6 is 46.9 Å². The van der Waals surface area contributed by atoms with E-state index in [4.69, 9.17) is 95.6 Å². The predicted molar refractivity (Wildman–Crippen MR) is 465 cm³/mol. The number of phosphoric acid groups is 6. The Morgan fingerprint density at radius 3 is 1.32 bits per heavy atom. The van der Waals surface area contributed by atoms with Crippen LogP contribution < -0.4 is 4.74 Å². The van der Waals surface area contributed by atoms with Gasteiger partial charge in [-0.2, -0.15) is 0 Å². The summed E-state index contributed by atoms with van der Waals surface area (Å²) in [6.07, 6.45) is 11.9. The van der Waals surface area contributed by atoms with Gasteiger partial charge in [0.25, 0.3) is 0 Å². The first-order valence-corrected chi connectivity index (χ1v) is 52.6. The summed E-state index contributed by atoms with van der Waals surface area (Å²) in [5.74, 6) is 0.855. The number of benzene rings is 5. The lowest BCUT2D eigenvalue weighted by Gasteiger charge is -2.55. The van der Waals surface area contributed by atoms with Crippen LogP contribution in [0.3, 0.4) is 0 Å². The number of para-hydroxylation sites is 1. The Labute approximate surface area is 731 Å². The van der Waals surface area contributed by atoms with E-state index >= 15 is 0 Å². The van der Waals surface area contributed by atoms with Crippen molar-refractivity contribution in [1.82, 2.24) is 0 Å². The fourth-order valence-corrected chi connectivity index (χ4v) is 27.8. The van der Waals surface area contributed by atoms with E-state index in [1.54, 1.807) is 18.2 Å². The van der Waals surface area contributed by atoms with Gasteiger partial charge < -0.3 is 14.2 Å². The van der Waals surface area contributed by atoms with Crippen molar-refractivity contribution in [2.45, 2.75) is 271 Å². The number of hydrogen-bond donors (Lipinski definition) is 0. The lowest BCUT2D eigenvalue weighted by molar-refractivity contribution is -0.266. The number of carbonyl (C=O) groups excluding carboxylic acids is 2. The number of carbonyl (C=O) groups is 2. The summed E-state index contributed by atoms with van der Waals surface area (Å²) in [5.41, 5.74) is 2.50. The minimum absolute atomic E-state index is 0.000772. The molecule has 18 aliphatic rings. The summed E-state index contributed by atoms with van der Waals surface area (Å²) in [6, 6.07) is 43.0. The van der Waals surface area contributed by atoms with Gasteiger partial charge in [-0.3, -0.25) is 91.0 Å². The molecule has 0 N–H and O–H groups in total. The van der Waals surface area contributed by atoms with E-state index < -0.39 is 74.6 Å². The minimum Gasteiger partial charge on any atom is -0.479 e. The Morgan fingerprint density at radius 1 is 0.403 bits per heavy atom. The molecule has 11 atom stereocenters. The maximum absolute atomic E-state index is 13.2. The van der Waals surface area contributed by atoms with Gasteiger partial charge >= 0.3 is 46.9 Å². The fraction of sp³-hybridized carbons (Fsp3) is 0.640. The third-order valence-corrected chi connectivity index (χ3v) is 34.5. The van der Waals surface area contributed by atoms with Crippen LogP contribution in [0.25, 0.3) is 11.1 Å². The first kappa shape index (κ1) is 98.8. The number of aryl methyl sites for hydroxylation is 1. The molecule has 0 amide bonds. The van der Waals surface area contributed by atoms with Gasteiger partial charge in [0.05, 0.1) is 65.6 Å². The zero-order chi connectivity index (χ0) is 89.4. The molecule has 12 bridgehead atoms. The molecule has 124 heavy (non-hydrogen) atoms. The molecule has 23 rings (SSSR count). The lowest BCUT2D eigenvalue weighted by Crippen LogP contribution is -2.69. The van der Waals surface area contributed by atoms with E-state index in [9.17, 15) is 37.0 Å². The Kier molecular flexibility index (Phi) is 32.6. The minimum atomic E-state index is -3.44. The van der Waals surface area contributed by atoms with Crippen LogP contribution in [0.4, 0.5) is 0 Å². The fourth-order valence-electron chi connectivity index (χ4n) is 17.8. The van der Waals surface area contributed by atoms with Crippen LogP contribution in [-0.2, 0) is 124 Å². The molecule has 0 spiro atoms. The molecule has 0 aromatic heterocycles. The predicted octanol–water partition coefficient (Wildman–Crippen LogP) is 22.6. The molecular weight excluding hydrogens is 1720 g/mol. The summed E-state index contributed by atoms with van der Waals surface area (Å²) < 4.78 is 186. The van der Waals surface area contributed by atoms with Gasteiger partial charge in [0, 0.05) is 35.2 Å². The standard InChI is InChI=1S/C20H21O5P.C18H17O5P.C14H19O5P.2C14H27O5P.C9H17O4P/c1-19(2,16-8-4-3-5-9-16)17-10-6-7-15(11-17)18(21)20-12-23-26(22,24-13-20)25-14-20;1-13-3-2-4-16(9-13)14-5-7-15(8-6-14)17(19)18-10-21-24(20,22-11-18)23-12-18;1-4-13-14(16-12-8-6-5-7-9-12)10(2)17-20(15,19-13)18-11(14)3;1-5-6-7-8-9-10-16-14-11(2)17-20(15,18-12(14)3)19-13(14)4;1-4-6-7-8-9-10-16-14-11-17-20(15,18-12(14)3)19-13(14)5-2;1-4-9-5-11-14(10,12-6-9)13-8(9)7(2)3/h3-11H,12-14H2,1-2H3;2-9H,10-12H2,1H3;5-11,13H,4H2,1-3H3;11-13H,5-10H2,1-4H3;12-13H,4-11H2,1-3H3;7-8H,4-6H2,1-3H3. The molecule has 11 unspecified atom stereocenters. The number of rotatable bonds is 27. The third kappa shape index (κ3) is 21.4. The summed E-state index contributed by atoms with van der Waals surface area (Å²) in [4.78, 5) is 26.0. The van der Waals surface area contributed by atoms with Gasteiger partial charge in [0.1, 0.15) is 76.6 Å². The number of fused-ring (bicyclic) bond motifs is 18. The normalized spacial score (nSPS) is 37.3. The van der Waals surface area contributed by atoms with E-state index in [0.29, 0.717) is 56.5 Å². The Bertz CT molecular complexity index is 4590. The molecule has 29 nitrogen and oxygen atoms in total. The smallest absolute Gasteiger partial charge is 0.476 e. The average molecular weight is 1850 g/mol. The molecule has 18 aliphatic heterocycles. The summed E-state index contributed by atoms with van der Waals surface area (Å²) in [5, 5.41) is 0. The van der Waals surface area contributed by atoms with Crippen molar-refractivity contribution in [3.63, 3.8) is 0 Å². The molecule has 35 heteroatoms. The van der Waals surface area contributed by atoms with Crippen molar-refractivity contribution in [2.75, 3.05) is 72.7 Å². The van der Waals surface area contributed by atoms with Gasteiger partial charge in [-0.25, -0.2) is 27.4 Å². The lowest BCUT2D eigenvalue weighted by atomic mass is 9.76. The van der Waals surface area contributed by atoms with Crippen molar-refractivity contribution in [3.8, 4) is 16.9 Å². The zero-order valence-corrected chi connectivity index (χ0v) is 79.8. The van der Waals surface area contributed by atoms with E-state index in [1.807, 2.05) is 159 Å². The molecule has 0 radical (unpaired) electrons. The van der Waals surface area contributed by atoms with Crippen molar-refractivity contribution >= 4 is 58.5 Å². The molecule has 688 valence electrons. The average Bonchev–Trinajstić information content (AvgIpc) is 0.711. The van der Waals surface area contributed by atoms with Crippen LogP contribution in [0.15, 0.2) is 133 Å². The quantitative estimate of drug-likeness (QED) is 0.0268. The summed E-state index contributed by atoms with van der Waals surface area (Å²) >= 11 is 0. The molecule has 0 aliphatic carbocycles. The van der Waals surface area contributed by atoms with Crippen LogP contribution in [-0.4, -0.2) is 156 Å².